The monoisotopic (exact) mass is 452 g/mol. The lowest BCUT2D eigenvalue weighted by atomic mass is 10.2. The summed E-state index contributed by atoms with van der Waals surface area (Å²) in [5.74, 6) is 1.03. The van der Waals surface area contributed by atoms with Gasteiger partial charge in [0, 0.05) is 25.6 Å². The van der Waals surface area contributed by atoms with Gasteiger partial charge in [0.1, 0.15) is 6.10 Å². The van der Waals surface area contributed by atoms with Gasteiger partial charge in [0.15, 0.2) is 16.6 Å². The Morgan fingerprint density at radius 2 is 2.23 bits per heavy atom. The van der Waals surface area contributed by atoms with Crippen molar-refractivity contribution in [3.05, 3.63) is 33.8 Å². The van der Waals surface area contributed by atoms with E-state index < -0.39 is 6.03 Å². The number of halogens is 1. The molecule has 0 radical (unpaired) electrons. The summed E-state index contributed by atoms with van der Waals surface area (Å²) >= 11 is 7.44. The molecular weight excluding hydrogens is 432 g/mol. The number of rotatable bonds is 6. The molecule has 4 rings (SSSR count). The predicted molar refractivity (Wildman–Crippen MR) is 111 cm³/mol. The molecule has 0 spiro atoms. The molecule has 2 aliphatic heterocycles. The Morgan fingerprint density at radius 3 is 3.03 bits per heavy atom. The van der Waals surface area contributed by atoms with Gasteiger partial charge in [-0.05, 0) is 30.5 Å². The van der Waals surface area contributed by atoms with Gasteiger partial charge >= 0.3 is 6.03 Å². The lowest BCUT2D eigenvalue weighted by molar-refractivity contribution is -0.140. The quantitative estimate of drug-likeness (QED) is 0.698. The Bertz CT molecular complexity index is 947. The number of amides is 3. The average Bonchev–Trinajstić information content (AvgIpc) is 3.47. The molecule has 3 heterocycles. The summed E-state index contributed by atoms with van der Waals surface area (Å²) in [7, 11) is 1.72. The molecule has 0 unspecified atom stereocenters. The van der Waals surface area contributed by atoms with Crippen LogP contribution in [0.2, 0.25) is 5.02 Å². The fraction of sp³-hybridized carbons (Fsp3) is 0.421. The number of fused-ring (bicyclic) bond motifs is 1. The third-order valence-corrected chi connectivity index (χ3v) is 5.78. The van der Waals surface area contributed by atoms with Crippen LogP contribution in [0.1, 0.15) is 24.1 Å². The van der Waals surface area contributed by atoms with Crippen molar-refractivity contribution < 1.29 is 23.8 Å². The molecule has 1 aromatic carbocycles. The largest absolute Gasteiger partial charge is 0.454 e. The maximum atomic E-state index is 12.3. The second-order valence-electron chi connectivity index (χ2n) is 6.96. The van der Waals surface area contributed by atoms with E-state index in [-0.39, 0.29) is 25.3 Å². The van der Waals surface area contributed by atoms with Crippen molar-refractivity contribution in [2.45, 2.75) is 32.0 Å². The Labute approximate surface area is 182 Å². The van der Waals surface area contributed by atoms with Gasteiger partial charge in [-0.1, -0.05) is 11.6 Å². The van der Waals surface area contributed by atoms with Crippen LogP contribution in [0.15, 0.2) is 17.5 Å². The smallest absolute Gasteiger partial charge is 0.321 e. The van der Waals surface area contributed by atoms with Crippen molar-refractivity contribution in [1.82, 2.24) is 15.2 Å². The summed E-state index contributed by atoms with van der Waals surface area (Å²) in [6.45, 7) is 1.38. The van der Waals surface area contributed by atoms with E-state index in [9.17, 15) is 9.59 Å². The molecule has 160 valence electrons. The van der Waals surface area contributed by atoms with E-state index in [0.29, 0.717) is 40.5 Å². The second-order valence-corrected chi connectivity index (χ2v) is 8.22. The number of nitrogens with zero attached hydrogens (tertiary/aromatic N) is 2. The van der Waals surface area contributed by atoms with Crippen molar-refractivity contribution in [1.29, 1.82) is 0 Å². The highest BCUT2D eigenvalue weighted by atomic mass is 35.5. The van der Waals surface area contributed by atoms with Crippen molar-refractivity contribution in [2.75, 3.05) is 25.8 Å². The molecule has 9 nitrogen and oxygen atoms in total. The molecule has 0 aliphatic carbocycles. The normalized spacial score (nSPS) is 17.1. The molecule has 0 saturated carbocycles. The molecule has 1 saturated heterocycles. The Morgan fingerprint density at radius 1 is 1.37 bits per heavy atom. The molecule has 1 fully saturated rings. The van der Waals surface area contributed by atoms with Gasteiger partial charge in [0.2, 0.25) is 6.79 Å². The van der Waals surface area contributed by atoms with Gasteiger partial charge in [-0.2, -0.15) is 0 Å². The fourth-order valence-corrected chi connectivity index (χ4v) is 4.21. The maximum Gasteiger partial charge on any atom is 0.321 e. The zero-order valence-corrected chi connectivity index (χ0v) is 17.8. The molecule has 11 heteroatoms. The number of thiazole rings is 1. The Hall–Kier alpha value is -2.56. The minimum Gasteiger partial charge on any atom is -0.454 e. The Balaban J connectivity index is 1.27. The fourth-order valence-electron chi connectivity index (χ4n) is 3.22. The highest BCUT2D eigenvalue weighted by Crippen LogP contribution is 2.39. The number of aromatic nitrogens is 1. The van der Waals surface area contributed by atoms with Crippen LogP contribution in [0.25, 0.3) is 0 Å². The summed E-state index contributed by atoms with van der Waals surface area (Å²) in [4.78, 5) is 30.5. The zero-order chi connectivity index (χ0) is 21.1. The number of hydrogen-bond donors (Lipinski definition) is 2. The first-order valence-corrected chi connectivity index (χ1v) is 10.7. The minimum atomic E-state index is -0.395. The van der Waals surface area contributed by atoms with E-state index in [1.165, 1.54) is 11.3 Å². The molecule has 2 N–H and O–H groups in total. The van der Waals surface area contributed by atoms with Crippen LogP contribution in [-0.2, 0) is 22.6 Å². The molecule has 1 atom stereocenters. The minimum absolute atomic E-state index is 0.0462. The van der Waals surface area contributed by atoms with E-state index in [2.05, 4.69) is 15.6 Å². The zero-order valence-electron chi connectivity index (χ0n) is 16.3. The maximum absolute atomic E-state index is 12.3. The van der Waals surface area contributed by atoms with Crippen LogP contribution in [0.5, 0.6) is 11.5 Å². The number of carbonyl (C=O) groups is 2. The third kappa shape index (κ3) is 4.77. The van der Waals surface area contributed by atoms with Gasteiger partial charge in [-0.3, -0.25) is 10.1 Å². The van der Waals surface area contributed by atoms with Crippen molar-refractivity contribution >= 4 is 40.0 Å². The molecular formula is C19H21ClN4O5S. The number of benzene rings is 1. The number of carbonyl (C=O) groups excluding carboxylic acids is 2. The number of ether oxygens (including phenoxy) is 3. The molecule has 3 amide bonds. The summed E-state index contributed by atoms with van der Waals surface area (Å²) < 4.78 is 16.0. The summed E-state index contributed by atoms with van der Waals surface area (Å²) in [6.07, 6.45) is 1.30. The summed E-state index contributed by atoms with van der Waals surface area (Å²) in [5, 5.41) is 8.15. The van der Waals surface area contributed by atoms with Gasteiger partial charge in [-0.25, -0.2) is 9.78 Å². The lowest BCUT2D eigenvalue weighted by Crippen LogP contribution is -2.35. The number of nitrogens with one attached hydrogen (secondary N) is 2. The second kappa shape index (κ2) is 9.07. The van der Waals surface area contributed by atoms with Gasteiger partial charge in [0.25, 0.3) is 5.91 Å². The van der Waals surface area contributed by atoms with E-state index in [0.717, 1.165) is 18.4 Å². The first-order valence-electron chi connectivity index (χ1n) is 9.43. The van der Waals surface area contributed by atoms with Crippen molar-refractivity contribution in [3.8, 4) is 11.5 Å². The average molecular weight is 453 g/mol. The van der Waals surface area contributed by atoms with E-state index in [4.69, 9.17) is 25.8 Å². The number of urea groups is 1. The van der Waals surface area contributed by atoms with Crippen LogP contribution in [-0.4, -0.2) is 48.4 Å². The van der Waals surface area contributed by atoms with Gasteiger partial charge in [0.05, 0.1) is 17.3 Å². The van der Waals surface area contributed by atoms with Crippen LogP contribution in [0.4, 0.5) is 9.93 Å². The summed E-state index contributed by atoms with van der Waals surface area (Å²) in [5.41, 5.74) is 1.49. The highest BCUT2D eigenvalue weighted by Gasteiger charge is 2.26. The standard InChI is InChI=1S/C19H21ClN4O5S/c1-24(17(25)14-3-2-4-27-14)8-12-9-30-19(22-12)23-18(26)21-7-11-5-13(20)16-15(6-11)28-10-29-16/h5-6,9,14H,2-4,7-8,10H2,1H3,(H2,21,22,23,26)/t14-/m1/s1. The predicted octanol–water partition coefficient (Wildman–Crippen LogP) is 2.98. The lowest BCUT2D eigenvalue weighted by Gasteiger charge is -2.19. The number of anilines is 1. The molecule has 1 aromatic heterocycles. The molecule has 2 aromatic rings. The van der Waals surface area contributed by atoms with Crippen molar-refractivity contribution in [3.63, 3.8) is 0 Å². The first-order chi connectivity index (χ1) is 14.5. The number of likely N-dealkylation sites (N-methyl/N-ethyl adjacent to an activating group) is 1. The van der Waals surface area contributed by atoms with Gasteiger partial charge in [-0.15, -0.1) is 11.3 Å². The van der Waals surface area contributed by atoms with Crippen LogP contribution >= 0.6 is 22.9 Å². The SMILES string of the molecule is CN(Cc1csc(NC(=O)NCc2cc(Cl)c3c(c2)OCO3)n1)C(=O)[C@H]1CCCO1. The van der Waals surface area contributed by atoms with Gasteiger partial charge < -0.3 is 24.4 Å². The molecule has 0 bridgehead atoms. The summed E-state index contributed by atoms with van der Waals surface area (Å²) in [6, 6.07) is 3.10. The third-order valence-electron chi connectivity index (χ3n) is 4.69. The molecule has 30 heavy (non-hydrogen) atoms. The van der Waals surface area contributed by atoms with E-state index in [1.54, 1.807) is 24.1 Å². The Kier molecular flexibility index (Phi) is 6.26. The first kappa shape index (κ1) is 20.7. The van der Waals surface area contributed by atoms with Crippen LogP contribution in [0.3, 0.4) is 0 Å². The molecule has 2 aliphatic rings. The van der Waals surface area contributed by atoms with Crippen LogP contribution in [0, 0.1) is 0 Å². The number of hydrogen-bond acceptors (Lipinski definition) is 7. The van der Waals surface area contributed by atoms with E-state index >= 15 is 0 Å². The van der Waals surface area contributed by atoms with E-state index in [1.807, 2.05) is 5.38 Å². The topological polar surface area (TPSA) is 102 Å². The van der Waals surface area contributed by atoms with Crippen molar-refractivity contribution in [2.24, 2.45) is 0 Å². The van der Waals surface area contributed by atoms with Crippen LogP contribution < -0.4 is 20.1 Å². The highest BCUT2D eigenvalue weighted by molar-refractivity contribution is 7.13.